The first kappa shape index (κ1) is 17.4. The number of sulfonamides is 1. The molecule has 25 heavy (non-hydrogen) atoms. The van der Waals surface area contributed by atoms with Crippen LogP contribution in [0, 0.1) is 25.2 Å². The number of rotatable bonds is 3. The van der Waals surface area contributed by atoms with E-state index in [0.717, 1.165) is 16.8 Å². The van der Waals surface area contributed by atoms with Gasteiger partial charge >= 0.3 is 0 Å². The molecule has 1 aromatic carbocycles. The number of aromatic nitrogens is 1. The summed E-state index contributed by atoms with van der Waals surface area (Å²) in [5, 5.41) is 8.81. The zero-order valence-corrected chi connectivity index (χ0v) is 15.1. The molecular formula is C18H20N4O2S. The van der Waals surface area contributed by atoms with Crippen LogP contribution >= 0.6 is 0 Å². The van der Waals surface area contributed by atoms with Crippen LogP contribution in [0.1, 0.15) is 16.8 Å². The molecule has 0 bridgehead atoms. The normalized spacial score (nSPS) is 15.8. The number of hydrogen-bond donors (Lipinski definition) is 0. The highest BCUT2D eigenvalue weighted by Gasteiger charge is 2.28. The van der Waals surface area contributed by atoms with Crippen molar-refractivity contribution >= 4 is 15.7 Å². The van der Waals surface area contributed by atoms with Gasteiger partial charge in [0.05, 0.1) is 16.8 Å². The van der Waals surface area contributed by atoms with Crippen LogP contribution in [0.2, 0.25) is 0 Å². The van der Waals surface area contributed by atoms with Crippen molar-refractivity contribution in [1.82, 2.24) is 9.29 Å². The summed E-state index contributed by atoms with van der Waals surface area (Å²) in [5.74, 6) is 0. The Kier molecular flexibility index (Phi) is 4.75. The smallest absolute Gasteiger partial charge is 0.243 e. The molecule has 0 amide bonds. The van der Waals surface area contributed by atoms with E-state index in [2.05, 4.69) is 9.88 Å². The van der Waals surface area contributed by atoms with Crippen LogP contribution in [0.15, 0.2) is 41.4 Å². The molecule has 130 valence electrons. The van der Waals surface area contributed by atoms with Gasteiger partial charge in [0, 0.05) is 26.2 Å². The Balaban J connectivity index is 1.72. The maximum absolute atomic E-state index is 12.8. The second kappa shape index (κ2) is 6.82. The fraction of sp³-hybridized carbons (Fsp3) is 0.333. The van der Waals surface area contributed by atoms with Gasteiger partial charge in [0.2, 0.25) is 10.0 Å². The highest BCUT2D eigenvalue weighted by molar-refractivity contribution is 7.89. The summed E-state index contributed by atoms with van der Waals surface area (Å²) in [6.07, 6.45) is 1.66. The molecule has 0 saturated carbocycles. The first-order valence-corrected chi connectivity index (χ1v) is 9.54. The van der Waals surface area contributed by atoms with Gasteiger partial charge in [-0.05, 0) is 49.2 Å². The Morgan fingerprint density at radius 1 is 1.04 bits per heavy atom. The predicted molar refractivity (Wildman–Crippen MR) is 95.8 cm³/mol. The van der Waals surface area contributed by atoms with E-state index < -0.39 is 10.0 Å². The van der Waals surface area contributed by atoms with E-state index in [1.807, 2.05) is 32.0 Å². The summed E-state index contributed by atoms with van der Waals surface area (Å²) < 4.78 is 27.2. The molecule has 1 aromatic heterocycles. The van der Waals surface area contributed by atoms with Crippen LogP contribution in [0.5, 0.6) is 0 Å². The molecule has 0 radical (unpaired) electrons. The van der Waals surface area contributed by atoms with Crippen molar-refractivity contribution in [1.29, 1.82) is 5.26 Å². The molecule has 2 aromatic rings. The van der Waals surface area contributed by atoms with Crippen molar-refractivity contribution in [3.05, 3.63) is 53.3 Å². The molecule has 2 heterocycles. The molecule has 3 rings (SSSR count). The van der Waals surface area contributed by atoms with Crippen LogP contribution in [-0.4, -0.2) is 43.9 Å². The van der Waals surface area contributed by atoms with E-state index in [4.69, 9.17) is 5.26 Å². The average molecular weight is 356 g/mol. The van der Waals surface area contributed by atoms with Crippen molar-refractivity contribution in [2.45, 2.75) is 18.7 Å². The summed E-state index contributed by atoms with van der Waals surface area (Å²) in [6.45, 7) is 5.93. The number of hydrogen-bond acceptors (Lipinski definition) is 5. The van der Waals surface area contributed by atoms with Crippen LogP contribution in [0.25, 0.3) is 0 Å². The van der Waals surface area contributed by atoms with Gasteiger partial charge in [0.15, 0.2) is 0 Å². The molecule has 7 heteroatoms. The topological polar surface area (TPSA) is 77.3 Å². The Bertz CT molecular complexity index is 909. The number of benzene rings is 1. The first-order chi connectivity index (χ1) is 11.9. The quantitative estimate of drug-likeness (QED) is 0.841. The minimum absolute atomic E-state index is 0.351. The molecule has 6 nitrogen and oxygen atoms in total. The summed E-state index contributed by atoms with van der Waals surface area (Å²) in [4.78, 5) is 6.51. The van der Waals surface area contributed by atoms with E-state index in [1.54, 1.807) is 24.4 Å². The maximum atomic E-state index is 12.8. The molecule has 1 aliphatic rings. The Hall–Kier alpha value is -2.43. The van der Waals surface area contributed by atoms with Gasteiger partial charge in [-0.2, -0.15) is 9.57 Å². The van der Waals surface area contributed by atoms with Crippen molar-refractivity contribution in [2.24, 2.45) is 0 Å². The van der Waals surface area contributed by atoms with Gasteiger partial charge in [-0.25, -0.2) is 13.4 Å². The summed E-state index contributed by atoms with van der Waals surface area (Å²) in [7, 11) is -3.47. The standard InChI is InChI=1S/C18H20N4O2S/c1-14-3-6-18(11-15(14)2)25(23,24)22-9-7-21(8-10-22)17-5-4-16(12-19)20-13-17/h3-6,11,13H,7-10H2,1-2H3. The lowest BCUT2D eigenvalue weighted by molar-refractivity contribution is 0.385. The molecule has 0 atom stereocenters. The second-order valence-electron chi connectivity index (χ2n) is 6.15. The number of nitriles is 1. The lowest BCUT2D eigenvalue weighted by atomic mass is 10.1. The molecule has 0 aliphatic carbocycles. The minimum atomic E-state index is -3.47. The van der Waals surface area contributed by atoms with E-state index in [0.29, 0.717) is 36.8 Å². The van der Waals surface area contributed by atoms with Crippen molar-refractivity contribution < 1.29 is 8.42 Å². The van der Waals surface area contributed by atoms with Gasteiger partial charge in [-0.15, -0.1) is 0 Å². The SMILES string of the molecule is Cc1ccc(S(=O)(=O)N2CCN(c3ccc(C#N)nc3)CC2)cc1C. The van der Waals surface area contributed by atoms with Crippen LogP contribution in [-0.2, 0) is 10.0 Å². The predicted octanol–water partition coefficient (Wildman–Crippen LogP) is 2.08. The highest BCUT2D eigenvalue weighted by Crippen LogP contribution is 2.22. The van der Waals surface area contributed by atoms with Gasteiger partial charge in [0.25, 0.3) is 0 Å². The monoisotopic (exact) mass is 356 g/mol. The number of pyridine rings is 1. The Morgan fingerprint density at radius 2 is 1.76 bits per heavy atom. The van der Waals surface area contributed by atoms with E-state index in [9.17, 15) is 8.42 Å². The molecule has 0 N–H and O–H groups in total. The number of anilines is 1. The highest BCUT2D eigenvalue weighted by atomic mass is 32.2. The van der Waals surface area contributed by atoms with Crippen LogP contribution < -0.4 is 4.90 Å². The summed E-state index contributed by atoms with van der Waals surface area (Å²) >= 11 is 0. The summed E-state index contributed by atoms with van der Waals surface area (Å²) in [5.41, 5.74) is 3.34. The van der Waals surface area contributed by atoms with E-state index in [1.165, 1.54) is 4.31 Å². The average Bonchev–Trinajstić information content (AvgIpc) is 2.64. The van der Waals surface area contributed by atoms with Crippen LogP contribution in [0.3, 0.4) is 0 Å². The van der Waals surface area contributed by atoms with E-state index >= 15 is 0 Å². The molecular weight excluding hydrogens is 336 g/mol. The lowest BCUT2D eigenvalue weighted by Crippen LogP contribution is -2.48. The largest absolute Gasteiger partial charge is 0.368 e. The number of piperazine rings is 1. The van der Waals surface area contributed by atoms with Crippen molar-refractivity contribution in [3.8, 4) is 6.07 Å². The molecule has 1 fully saturated rings. The van der Waals surface area contributed by atoms with Gasteiger partial charge < -0.3 is 4.90 Å². The molecule has 1 aliphatic heterocycles. The van der Waals surface area contributed by atoms with Gasteiger partial charge in [0.1, 0.15) is 11.8 Å². The third-order valence-corrected chi connectivity index (χ3v) is 6.48. The van der Waals surface area contributed by atoms with Gasteiger partial charge in [-0.1, -0.05) is 6.07 Å². The zero-order valence-electron chi connectivity index (χ0n) is 14.3. The fourth-order valence-electron chi connectivity index (χ4n) is 2.85. The Labute approximate surface area is 148 Å². The Morgan fingerprint density at radius 3 is 2.32 bits per heavy atom. The third kappa shape index (κ3) is 3.50. The summed E-state index contributed by atoms with van der Waals surface area (Å²) in [6, 6.07) is 10.8. The fourth-order valence-corrected chi connectivity index (χ4v) is 4.36. The molecule has 1 saturated heterocycles. The molecule has 0 spiro atoms. The van der Waals surface area contributed by atoms with E-state index in [-0.39, 0.29) is 0 Å². The third-order valence-electron chi connectivity index (χ3n) is 4.58. The van der Waals surface area contributed by atoms with Crippen molar-refractivity contribution in [2.75, 3.05) is 31.1 Å². The minimum Gasteiger partial charge on any atom is -0.368 e. The lowest BCUT2D eigenvalue weighted by Gasteiger charge is -2.35. The van der Waals surface area contributed by atoms with Gasteiger partial charge in [-0.3, -0.25) is 0 Å². The van der Waals surface area contributed by atoms with Crippen molar-refractivity contribution in [3.63, 3.8) is 0 Å². The second-order valence-corrected chi connectivity index (χ2v) is 8.09. The maximum Gasteiger partial charge on any atom is 0.243 e. The number of aryl methyl sites for hydroxylation is 2. The van der Waals surface area contributed by atoms with Crippen LogP contribution in [0.4, 0.5) is 5.69 Å². The zero-order chi connectivity index (χ0) is 18.0. The number of nitrogens with zero attached hydrogens (tertiary/aromatic N) is 4. The molecule has 0 unspecified atom stereocenters. The first-order valence-electron chi connectivity index (χ1n) is 8.10.